The summed E-state index contributed by atoms with van der Waals surface area (Å²) in [7, 11) is -5.57. The van der Waals surface area contributed by atoms with Crippen molar-refractivity contribution in [2.24, 2.45) is 0 Å². The molecule has 1 aromatic carbocycles. The lowest BCUT2D eigenvalue weighted by Crippen LogP contribution is -2.43. The Morgan fingerprint density at radius 2 is 1.55 bits per heavy atom. The minimum absolute atomic E-state index is 0.0793. The summed E-state index contributed by atoms with van der Waals surface area (Å²) < 4.78 is 36.2. The summed E-state index contributed by atoms with van der Waals surface area (Å²) in [6.07, 6.45) is 1.34. The van der Waals surface area contributed by atoms with Crippen LogP contribution in [0.1, 0.15) is 53.5 Å². The van der Waals surface area contributed by atoms with E-state index in [9.17, 15) is 13.2 Å². The Balaban J connectivity index is 2.72. The molecule has 0 spiro atoms. The molecule has 166 valence electrons. The smallest absolute Gasteiger partial charge is 0.424 e. The van der Waals surface area contributed by atoms with Gasteiger partial charge in [-0.15, -0.1) is 0 Å². The van der Waals surface area contributed by atoms with Crippen molar-refractivity contribution in [2.45, 2.75) is 78.1 Å². The van der Waals surface area contributed by atoms with Crippen LogP contribution in [0.4, 0.5) is 4.79 Å². The predicted molar refractivity (Wildman–Crippen MR) is 120 cm³/mol. The first-order valence-corrected chi connectivity index (χ1v) is 14.7. The Bertz CT molecular complexity index is 790. The average Bonchev–Trinajstić information content (AvgIpc) is 2.48. The van der Waals surface area contributed by atoms with E-state index in [4.69, 9.17) is 9.16 Å². The van der Waals surface area contributed by atoms with Crippen molar-refractivity contribution in [3.8, 4) is 5.75 Å². The summed E-state index contributed by atoms with van der Waals surface area (Å²) in [4.78, 5) is 12.2. The Labute approximate surface area is 177 Å². The third kappa shape index (κ3) is 8.38. The molecule has 0 N–H and O–H groups in total. The van der Waals surface area contributed by atoms with E-state index in [1.807, 2.05) is 24.3 Å². The lowest BCUT2D eigenvalue weighted by molar-refractivity contribution is 0.0391. The fourth-order valence-corrected chi connectivity index (χ4v) is 4.10. The molecule has 0 fully saturated rings. The second kappa shape index (κ2) is 9.08. The minimum Gasteiger partial charge on any atom is -0.544 e. The molecule has 0 atom stereocenters. The monoisotopic (exact) mass is 443 g/mol. The third-order valence-corrected chi connectivity index (χ3v) is 10.4. The standard InChI is InChI=1S/C21H37NO5SSi/c1-20(2,3)26-19(23)22(28(7,24)25)16-10-11-17-12-14-18(15-13-17)27-29(8,9)21(4,5)6/h12-15H,10-11,16H2,1-9H3. The maximum absolute atomic E-state index is 12.2. The van der Waals surface area contributed by atoms with Gasteiger partial charge in [0.05, 0.1) is 6.26 Å². The highest BCUT2D eigenvalue weighted by molar-refractivity contribution is 7.88. The van der Waals surface area contributed by atoms with Gasteiger partial charge in [0.2, 0.25) is 18.3 Å². The van der Waals surface area contributed by atoms with E-state index in [1.54, 1.807) is 20.8 Å². The van der Waals surface area contributed by atoms with Crippen LogP contribution in [0, 0.1) is 0 Å². The Morgan fingerprint density at radius 3 is 1.97 bits per heavy atom. The molecule has 0 bridgehead atoms. The van der Waals surface area contributed by atoms with Crippen LogP contribution in [-0.4, -0.2) is 45.5 Å². The largest absolute Gasteiger partial charge is 0.544 e. The van der Waals surface area contributed by atoms with Gasteiger partial charge in [-0.3, -0.25) is 0 Å². The predicted octanol–water partition coefficient (Wildman–Crippen LogP) is 5.20. The molecule has 0 heterocycles. The first-order chi connectivity index (χ1) is 12.9. The number of aryl methyl sites for hydroxylation is 1. The van der Waals surface area contributed by atoms with Crippen molar-refractivity contribution in [3.05, 3.63) is 29.8 Å². The van der Waals surface area contributed by atoms with Crippen LogP contribution in [0.25, 0.3) is 0 Å². The zero-order chi connectivity index (χ0) is 22.7. The number of amides is 1. The van der Waals surface area contributed by atoms with Crippen LogP contribution in [0.15, 0.2) is 24.3 Å². The lowest BCUT2D eigenvalue weighted by Gasteiger charge is -2.36. The van der Waals surface area contributed by atoms with Crippen LogP contribution >= 0.6 is 0 Å². The van der Waals surface area contributed by atoms with E-state index in [0.717, 1.165) is 21.9 Å². The number of hydrogen-bond acceptors (Lipinski definition) is 5. The maximum atomic E-state index is 12.2. The normalized spacial score (nSPS) is 13.1. The Kier molecular flexibility index (Phi) is 7.98. The molecule has 1 amide bonds. The van der Waals surface area contributed by atoms with Gasteiger partial charge >= 0.3 is 6.09 Å². The molecule has 1 rings (SSSR count). The molecule has 0 saturated heterocycles. The molecule has 29 heavy (non-hydrogen) atoms. The Hall–Kier alpha value is -1.54. The molecular formula is C21H37NO5SSi. The van der Waals surface area contributed by atoms with Crippen molar-refractivity contribution in [1.82, 2.24) is 4.31 Å². The maximum Gasteiger partial charge on any atom is 0.424 e. The number of sulfonamides is 1. The first kappa shape index (κ1) is 25.5. The number of rotatable bonds is 7. The van der Waals surface area contributed by atoms with Crippen LogP contribution < -0.4 is 4.43 Å². The zero-order valence-corrected chi connectivity index (χ0v) is 21.1. The van der Waals surface area contributed by atoms with Gasteiger partial charge in [-0.2, -0.15) is 0 Å². The second-order valence-electron chi connectivity index (χ2n) is 9.93. The minimum atomic E-state index is -3.69. The summed E-state index contributed by atoms with van der Waals surface area (Å²) in [5.74, 6) is 0.854. The summed E-state index contributed by atoms with van der Waals surface area (Å²) in [6, 6.07) is 7.89. The van der Waals surface area contributed by atoms with E-state index in [1.165, 1.54) is 0 Å². The lowest BCUT2D eigenvalue weighted by atomic mass is 10.1. The quantitative estimate of drug-likeness (QED) is 0.542. The highest BCUT2D eigenvalue weighted by atomic mass is 32.2. The van der Waals surface area contributed by atoms with Crippen LogP contribution in [-0.2, 0) is 21.2 Å². The van der Waals surface area contributed by atoms with Gasteiger partial charge in [0.1, 0.15) is 11.4 Å². The average molecular weight is 444 g/mol. The van der Waals surface area contributed by atoms with Gasteiger partial charge in [-0.25, -0.2) is 17.5 Å². The van der Waals surface area contributed by atoms with Gasteiger partial charge in [0, 0.05) is 6.54 Å². The molecule has 1 aromatic rings. The molecule has 0 aliphatic carbocycles. The van der Waals surface area contributed by atoms with Gasteiger partial charge in [0.15, 0.2) is 0 Å². The van der Waals surface area contributed by atoms with Gasteiger partial charge in [0.25, 0.3) is 0 Å². The highest BCUT2D eigenvalue weighted by Gasteiger charge is 2.38. The number of hydrogen-bond donors (Lipinski definition) is 0. The van der Waals surface area contributed by atoms with E-state index in [0.29, 0.717) is 12.8 Å². The van der Waals surface area contributed by atoms with Gasteiger partial charge < -0.3 is 9.16 Å². The number of carbonyl (C=O) groups is 1. The number of nitrogens with zero attached hydrogens (tertiary/aromatic N) is 1. The molecular weight excluding hydrogens is 406 g/mol. The summed E-state index contributed by atoms with van der Waals surface area (Å²) in [6.45, 7) is 16.2. The molecule has 0 unspecified atom stereocenters. The fourth-order valence-electron chi connectivity index (χ4n) is 2.30. The van der Waals surface area contributed by atoms with Crippen LogP contribution in [0.5, 0.6) is 5.75 Å². The molecule has 8 heteroatoms. The first-order valence-electron chi connectivity index (χ1n) is 9.91. The summed E-state index contributed by atoms with van der Waals surface area (Å²) >= 11 is 0. The fraction of sp³-hybridized carbons (Fsp3) is 0.667. The number of benzene rings is 1. The van der Waals surface area contributed by atoms with E-state index >= 15 is 0 Å². The SMILES string of the molecule is CC(C)(C)OC(=O)N(CCCc1ccc(O[Si](C)(C)C(C)(C)C)cc1)S(C)(=O)=O. The van der Waals surface area contributed by atoms with Crippen LogP contribution in [0.2, 0.25) is 18.1 Å². The van der Waals surface area contributed by atoms with Crippen molar-refractivity contribution in [3.63, 3.8) is 0 Å². The van der Waals surface area contributed by atoms with Crippen molar-refractivity contribution >= 4 is 24.4 Å². The van der Waals surface area contributed by atoms with Crippen molar-refractivity contribution in [2.75, 3.05) is 12.8 Å². The van der Waals surface area contributed by atoms with E-state index < -0.39 is 30.0 Å². The topological polar surface area (TPSA) is 72.9 Å². The number of carbonyl (C=O) groups excluding carboxylic acids is 1. The van der Waals surface area contributed by atoms with E-state index in [-0.39, 0.29) is 11.6 Å². The highest BCUT2D eigenvalue weighted by Crippen LogP contribution is 2.37. The molecule has 0 aromatic heterocycles. The zero-order valence-electron chi connectivity index (χ0n) is 19.3. The van der Waals surface area contributed by atoms with Crippen LogP contribution in [0.3, 0.4) is 0 Å². The van der Waals surface area contributed by atoms with Gasteiger partial charge in [-0.05, 0) is 69.4 Å². The molecule has 0 aliphatic heterocycles. The number of ether oxygens (including phenoxy) is 1. The second-order valence-corrected chi connectivity index (χ2v) is 16.6. The molecule has 0 saturated carbocycles. The van der Waals surface area contributed by atoms with Gasteiger partial charge in [-0.1, -0.05) is 32.9 Å². The Morgan fingerprint density at radius 1 is 1.03 bits per heavy atom. The van der Waals surface area contributed by atoms with E-state index in [2.05, 4.69) is 33.9 Å². The van der Waals surface area contributed by atoms with Crippen molar-refractivity contribution < 1.29 is 22.4 Å². The summed E-state index contributed by atoms with van der Waals surface area (Å²) in [5.41, 5.74) is 0.310. The molecule has 6 nitrogen and oxygen atoms in total. The third-order valence-electron chi connectivity index (χ3n) is 4.93. The molecule has 0 radical (unpaired) electrons. The molecule has 0 aliphatic rings. The summed E-state index contributed by atoms with van der Waals surface area (Å²) in [5, 5.41) is 0.127. The van der Waals surface area contributed by atoms with Crippen molar-refractivity contribution in [1.29, 1.82) is 0 Å².